The summed E-state index contributed by atoms with van der Waals surface area (Å²) in [6.45, 7) is 3.49. The van der Waals surface area contributed by atoms with Crippen LogP contribution in [-0.2, 0) is 10.2 Å². The van der Waals surface area contributed by atoms with Crippen molar-refractivity contribution in [1.82, 2.24) is 0 Å². The van der Waals surface area contributed by atoms with Crippen molar-refractivity contribution >= 4 is 47.8 Å². The van der Waals surface area contributed by atoms with Gasteiger partial charge in [0.15, 0.2) is 0 Å². The molecule has 1 nitrogen and oxygen atoms in total. The molecule has 0 heterocycles. The first-order chi connectivity index (χ1) is 7.68. The van der Waals surface area contributed by atoms with Gasteiger partial charge in [0, 0.05) is 27.2 Å². The van der Waals surface area contributed by atoms with Gasteiger partial charge in [0.05, 0.1) is 6.61 Å². The first-order valence-electron chi connectivity index (χ1n) is 5.14. The van der Waals surface area contributed by atoms with Crippen molar-refractivity contribution in [3.63, 3.8) is 0 Å². The van der Waals surface area contributed by atoms with Gasteiger partial charge in [0.1, 0.15) is 0 Å². The Labute approximate surface area is 122 Å². The van der Waals surface area contributed by atoms with E-state index in [1.807, 2.05) is 13.0 Å². The molecule has 1 aromatic rings. The van der Waals surface area contributed by atoms with Crippen LogP contribution >= 0.6 is 47.8 Å². The van der Waals surface area contributed by atoms with E-state index >= 15 is 0 Å². The van der Waals surface area contributed by atoms with Gasteiger partial charge in [-0.3, -0.25) is 0 Å². The molecular formula is C12H15Br3O. The van der Waals surface area contributed by atoms with E-state index in [-0.39, 0.29) is 5.41 Å². The molecule has 16 heavy (non-hydrogen) atoms. The molecule has 0 aromatic heterocycles. The molecule has 0 bridgehead atoms. The summed E-state index contributed by atoms with van der Waals surface area (Å²) in [7, 11) is 0. The van der Waals surface area contributed by atoms with Gasteiger partial charge in [0.25, 0.3) is 0 Å². The van der Waals surface area contributed by atoms with Gasteiger partial charge in [-0.15, -0.1) is 0 Å². The molecule has 0 atom stereocenters. The zero-order valence-electron chi connectivity index (χ0n) is 9.18. The lowest BCUT2D eigenvalue weighted by molar-refractivity contribution is 0.109. The minimum Gasteiger partial charge on any atom is -0.381 e. The average Bonchev–Trinajstić information content (AvgIpc) is 2.31. The van der Waals surface area contributed by atoms with Crippen LogP contribution in [-0.4, -0.2) is 23.9 Å². The minimum atomic E-state index is -0.000208. The van der Waals surface area contributed by atoms with Crippen molar-refractivity contribution in [3.05, 3.63) is 34.3 Å². The SMILES string of the molecule is CCOCC(CBr)(CBr)c1cccc(Br)c1. The van der Waals surface area contributed by atoms with Crippen LogP contribution in [0.5, 0.6) is 0 Å². The van der Waals surface area contributed by atoms with E-state index in [1.54, 1.807) is 0 Å². The molecule has 1 rings (SSSR count). The smallest absolute Gasteiger partial charge is 0.0578 e. The van der Waals surface area contributed by atoms with Crippen molar-refractivity contribution in [2.24, 2.45) is 0 Å². The van der Waals surface area contributed by atoms with Crippen molar-refractivity contribution in [2.45, 2.75) is 12.3 Å². The Hall–Kier alpha value is 0.620. The molecule has 0 fully saturated rings. The van der Waals surface area contributed by atoms with E-state index in [4.69, 9.17) is 4.74 Å². The predicted molar refractivity (Wildman–Crippen MR) is 79.9 cm³/mol. The molecular weight excluding hydrogens is 400 g/mol. The lowest BCUT2D eigenvalue weighted by Crippen LogP contribution is -2.35. The van der Waals surface area contributed by atoms with Crippen LogP contribution in [0.1, 0.15) is 12.5 Å². The number of benzene rings is 1. The Morgan fingerprint density at radius 3 is 2.44 bits per heavy atom. The summed E-state index contributed by atoms with van der Waals surface area (Å²) in [5, 5.41) is 1.75. The summed E-state index contributed by atoms with van der Waals surface area (Å²) in [6, 6.07) is 8.40. The molecule has 0 radical (unpaired) electrons. The fourth-order valence-corrected chi connectivity index (χ4v) is 3.77. The van der Waals surface area contributed by atoms with Crippen LogP contribution in [0.3, 0.4) is 0 Å². The van der Waals surface area contributed by atoms with Crippen LogP contribution < -0.4 is 0 Å². The summed E-state index contributed by atoms with van der Waals surface area (Å²) < 4.78 is 6.70. The third kappa shape index (κ3) is 3.56. The normalized spacial score (nSPS) is 11.8. The second-order valence-corrected chi connectivity index (χ2v) is 5.73. The van der Waals surface area contributed by atoms with Crippen LogP contribution in [0.2, 0.25) is 0 Å². The summed E-state index contributed by atoms with van der Waals surface area (Å²) in [5.41, 5.74) is 1.28. The van der Waals surface area contributed by atoms with Gasteiger partial charge in [-0.1, -0.05) is 59.9 Å². The van der Waals surface area contributed by atoms with E-state index in [0.717, 1.165) is 28.3 Å². The highest BCUT2D eigenvalue weighted by molar-refractivity contribution is 9.10. The summed E-state index contributed by atoms with van der Waals surface area (Å²) in [4.78, 5) is 0. The lowest BCUT2D eigenvalue weighted by Gasteiger charge is -2.30. The van der Waals surface area contributed by atoms with Crippen LogP contribution in [0, 0.1) is 0 Å². The number of rotatable bonds is 6. The van der Waals surface area contributed by atoms with Crippen molar-refractivity contribution in [3.8, 4) is 0 Å². The molecule has 0 aliphatic rings. The Morgan fingerprint density at radius 2 is 1.94 bits per heavy atom. The Bertz CT molecular complexity index is 324. The van der Waals surface area contributed by atoms with Gasteiger partial charge in [0.2, 0.25) is 0 Å². The number of alkyl halides is 2. The number of hydrogen-bond acceptors (Lipinski definition) is 1. The molecule has 4 heteroatoms. The number of halogens is 3. The van der Waals surface area contributed by atoms with Gasteiger partial charge in [-0.25, -0.2) is 0 Å². The third-order valence-electron chi connectivity index (χ3n) is 2.53. The average molecular weight is 415 g/mol. The summed E-state index contributed by atoms with van der Waals surface area (Å²) >= 11 is 10.7. The fourth-order valence-electron chi connectivity index (χ4n) is 1.47. The van der Waals surface area contributed by atoms with Crippen LogP contribution in [0.25, 0.3) is 0 Å². The molecule has 0 aliphatic heterocycles. The molecule has 0 saturated carbocycles. The molecule has 0 saturated heterocycles. The topological polar surface area (TPSA) is 9.23 Å². The zero-order valence-corrected chi connectivity index (χ0v) is 13.9. The molecule has 0 N–H and O–H groups in total. The zero-order chi connectivity index (χ0) is 12.0. The molecule has 0 amide bonds. The van der Waals surface area contributed by atoms with E-state index in [9.17, 15) is 0 Å². The highest BCUT2D eigenvalue weighted by atomic mass is 79.9. The third-order valence-corrected chi connectivity index (χ3v) is 5.17. The minimum absolute atomic E-state index is 0.000208. The van der Waals surface area contributed by atoms with E-state index in [0.29, 0.717) is 0 Å². The summed E-state index contributed by atoms with van der Waals surface area (Å²) in [5.74, 6) is 0. The lowest BCUT2D eigenvalue weighted by atomic mass is 9.85. The molecule has 0 unspecified atom stereocenters. The van der Waals surface area contributed by atoms with Gasteiger partial charge in [-0.2, -0.15) is 0 Å². The Balaban J connectivity index is 2.99. The van der Waals surface area contributed by atoms with Crippen molar-refractivity contribution in [2.75, 3.05) is 23.9 Å². The monoisotopic (exact) mass is 412 g/mol. The highest BCUT2D eigenvalue weighted by Gasteiger charge is 2.30. The Kier molecular flexibility index (Phi) is 6.55. The van der Waals surface area contributed by atoms with E-state index in [1.165, 1.54) is 5.56 Å². The quantitative estimate of drug-likeness (QED) is 0.622. The van der Waals surface area contributed by atoms with Gasteiger partial charge in [-0.05, 0) is 24.6 Å². The summed E-state index contributed by atoms with van der Waals surface area (Å²) in [6.07, 6.45) is 0. The maximum absolute atomic E-state index is 5.60. The van der Waals surface area contributed by atoms with Gasteiger partial charge >= 0.3 is 0 Å². The van der Waals surface area contributed by atoms with Gasteiger partial charge < -0.3 is 4.74 Å². The van der Waals surface area contributed by atoms with Crippen LogP contribution in [0.4, 0.5) is 0 Å². The molecule has 0 aliphatic carbocycles. The Morgan fingerprint density at radius 1 is 1.25 bits per heavy atom. The number of ether oxygens (including phenoxy) is 1. The first-order valence-corrected chi connectivity index (χ1v) is 8.18. The highest BCUT2D eigenvalue weighted by Crippen LogP contribution is 2.31. The van der Waals surface area contributed by atoms with E-state index in [2.05, 4.69) is 66.0 Å². The first kappa shape index (κ1) is 14.7. The maximum Gasteiger partial charge on any atom is 0.0578 e. The van der Waals surface area contributed by atoms with Crippen molar-refractivity contribution < 1.29 is 4.74 Å². The standard InChI is InChI=1S/C12H15Br3O/c1-2-16-9-12(7-13,8-14)10-4-3-5-11(15)6-10/h3-6H,2,7-9H2,1H3. The molecule has 1 aromatic carbocycles. The predicted octanol–water partition coefficient (Wildman–Crippen LogP) is 4.51. The van der Waals surface area contributed by atoms with Crippen molar-refractivity contribution in [1.29, 1.82) is 0 Å². The number of hydrogen-bond donors (Lipinski definition) is 0. The second-order valence-electron chi connectivity index (χ2n) is 3.70. The van der Waals surface area contributed by atoms with Crippen LogP contribution in [0.15, 0.2) is 28.7 Å². The van der Waals surface area contributed by atoms with E-state index < -0.39 is 0 Å². The maximum atomic E-state index is 5.60. The molecule has 90 valence electrons. The molecule has 0 spiro atoms. The fraction of sp³-hybridized carbons (Fsp3) is 0.500. The largest absolute Gasteiger partial charge is 0.381 e. The second kappa shape index (κ2) is 7.14.